The molecule has 1 aromatic heterocycles. The van der Waals surface area contributed by atoms with Gasteiger partial charge in [0.15, 0.2) is 0 Å². The second-order valence-electron chi connectivity index (χ2n) is 4.16. The van der Waals surface area contributed by atoms with Gasteiger partial charge in [-0.3, -0.25) is 0 Å². The summed E-state index contributed by atoms with van der Waals surface area (Å²) in [4.78, 5) is 2.21. The topological polar surface area (TPSA) is 73.1 Å². The van der Waals surface area contributed by atoms with Crippen LogP contribution in [0.4, 0.5) is 11.5 Å². The van der Waals surface area contributed by atoms with E-state index in [1.165, 1.54) is 0 Å². The number of nitrogens with zero attached hydrogens (tertiary/aromatic N) is 3. The zero-order chi connectivity index (χ0) is 11.4. The molecule has 15 heavy (non-hydrogen) atoms. The predicted molar refractivity (Wildman–Crippen MR) is 63.4 cm³/mol. The minimum Gasteiger partial charge on any atom is -0.394 e. The summed E-state index contributed by atoms with van der Waals surface area (Å²) in [6.45, 7) is 3.04. The Hall–Kier alpha value is -1.23. The summed E-state index contributed by atoms with van der Waals surface area (Å²) in [5.74, 6) is 0.576. The van der Waals surface area contributed by atoms with Crippen LogP contribution in [0.1, 0.15) is 19.8 Å². The Kier molecular flexibility index (Phi) is 3.96. The van der Waals surface area contributed by atoms with Crippen LogP contribution in [-0.2, 0) is 6.54 Å². The normalized spacial score (nSPS) is 13.3. The van der Waals surface area contributed by atoms with E-state index in [0.29, 0.717) is 17.5 Å². The fourth-order valence-electron chi connectivity index (χ4n) is 1.38. The van der Waals surface area contributed by atoms with Crippen LogP contribution < -0.4 is 11.5 Å². The minimum atomic E-state index is 0.565. The first-order valence-corrected chi connectivity index (χ1v) is 5.25. The lowest BCUT2D eigenvalue weighted by molar-refractivity contribution is 0.288. The molecule has 0 fully saturated rings. The Labute approximate surface area is 91.0 Å². The zero-order valence-corrected chi connectivity index (χ0v) is 9.77. The van der Waals surface area contributed by atoms with Gasteiger partial charge in [-0.2, -0.15) is 5.10 Å². The van der Waals surface area contributed by atoms with E-state index in [0.717, 1.165) is 19.4 Å². The maximum atomic E-state index is 5.74. The molecule has 0 aliphatic carbocycles. The molecule has 1 unspecified atom stereocenters. The van der Waals surface area contributed by atoms with Gasteiger partial charge in [0.2, 0.25) is 0 Å². The van der Waals surface area contributed by atoms with Gasteiger partial charge >= 0.3 is 0 Å². The number of hydrogen-bond donors (Lipinski definition) is 2. The molecule has 0 bridgehead atoms. The summed E-state index contributed by atoms with van der Waals surface area (Å²) in [7, 11) is 4.18. The van der Waals surface area contributed by atoms with Gasteiger partial charge in [-0.05, 0) is 33.9 Å². The quantitative estimate of drug-likeness (QED) is 0.754. The van der Waals surface area contributed by atoms with Crippen molar-refractivity contribution in [3.05, 3.63) is 6.20 Å². The molecule has 1 atom stereocenters. The molecular formula is C10H21N5. The highest BCUT2D eigenvalue weighted by molar-refractivity contribution is 5.56. The summed E-state index contributed by atoms with van der Waals surface area (Å²) in [6.07, 6.45) is 3.79. The van der Waals surface area contributed by atoms with Crippen LogP contribution in [0.25, 0.3) is 0 Å². The van der Waals surface area contributed by atoms with E-state index in [1.807, 2.05) is 0 Å². The predicted octanol–water partition coefficient (Wildman–Crippen LogP) is 0.778. The van der Waals surface area contributed by atoms with Crippen molar-refractivity contribution < 1.29 is 0 Å². The first-order chi connectivity index (χ1) is 7.02. The van der Waals surface area contributed by atoms with Gasteiger partial charge in [-0.1, -0.05) is 0 Å². The van der Waals surface area contributed by atoms with Crippen LogP contribution in [0, 0.1) is 0 Å². The van der Waals surface area contributed by atoms with Crippen LogP contribution in [0.2, 0.25) is 0 Å². The first-order valence-electron chi connectivity index (χ1n) is 5.25. The van der Waals surface area contributed by atoms with Gasteiger partial charge in [0.05, 0.1) is 11.9 Å². The monoisotopic (exact) mass is 211 g/mol. The van der Waals surface area contributed by atoms with Gasteiger partial charge in [0.1, 0.15) is 5.82 Å². The highest BCUT2D eigenvalue weighted by Gasteiger charge is 2.06. The van der Waals surface area contributed by atoms with Crippen molar-refractivity contribution in [3.63, 3.8) is 0 Å². The van der Waals surface area contributed by atoms with Crippen LogP contribution in [0.5, 0.6) is 0 Å². The van der Waals surface area contributed by atoms with E-state index in [2.05, 4.69) is 31.0 Å². The van der Waals surface area contributed by atoms with Gasteiger partial charge in [0, 0.05) is 12.6 Å². The van der Waals surface area contributed by atoms with Crippen LogP contribution in [-0.4, -0.2) is 34.8 Å². The number of hydrogen-bond acceptors (Lipinski definition) is 4. The molecule has 1 heterocycles. The van der Waals surface area contributed by atoms with E-state index in [-0.39, 0.29) is 0 Å². The molecule has 0 aromatic carbocycles. The van der Waals surface area contributed by atoms with E-state index >= 15 is 0 Å². The number of nitrogens with two attached hydrogens (primary N) is 2. The lowest BCUT2D eigenvalue weighted by Crippen LogP contribution is -2.24. The number of rotatable bonds is 5. The van der Waals surface area contributed by atoms with E-state index in [9.17, 15) is 0 Å². The summed E-state index contributed by atoms with van der Waals surface area (Å²) in [5, 5.41) is 4.11. The highest BCUT2D eigenvalue weighted by atomic mass is 15.3. The third-order valence-electron chi connectivity index (χ3n) is 2.78. The van der Waals surface area contributed by atoms with E-state index in [4.69, 9.17) is 11.5 Å². The Bertz CT molecular complexity index is 305. The first kappa shape index (κ1) is 11.8. The second kappa shape index (κ2) is 5.02. The molecular weight excluding hydrogens is 190 g/mol. The molecule has 0 aliphatic heterocycles. The van der Waals surface area contributed by atoms with Crippen molar-refractivity contribution >= 4 is 11.5 Å². The standard InChI is InChI=1S/C10H21N5/c1-8(14(2)3)5-4-6-15-10(12)9(11)7-13-15/h7-8H,4-6,11-12H2,1-3H3. The summed E-state index contributed by atoms with van der Waals surface area (Å²) >= 11 is 0. The molecule has 1 rings (SSSR count). The molecule has 5 nitrogen and oxygen atoms in total. The third kappa shape index (κ3) is 3.13. The van der Waals surface area contributed by atoms with Crippen molar-refractivity contribution in [1.29, 1.82) is 0 Å². The maximum absolute atomic E-state index is 5.74. The molecule has 0 radical (unpaired) electrons. The lowest BCUT2D eigenvalue weighted by atomic mass is 10.2. The fourth-order valence-corrected chi connectivity index (χ4v) is 1.38. The number of aryl methyl sites for hydroxylation is 1. The van der Waals surface area contributed by atoms with Crippen molar-refractivity contribution in [2.75, 3.05) is 25.6 Å². The third-order valence-corrected chi connectivity index (χ3v) is 2.78. The fraction of sp³-hybridized carbons (Fsp3) is 0.700. The van der Waals surface area contributed by atoms with Crippen molar-refractivity contribution in [2.24, 2.45) is 0 Å². The molecule has 4 N–H and O–H groups in total. The van der Waals surface area contributed by atoms with E-state index < -0.39 is 0 Å². The Balaban J connectivity index is 2.35. The Morgan fingerprint density at radius 1 is 1.47 bits per heavy atom. The second-order valence-corrected chi connectivity index (χ2v) is 4.16. The van der Waals surface area contributed by atoms with Crippen LogP contribution >= 0.6 is 0 Å². The molecule has 0 aliphatic rings. The van der Waals surface area contributed by atoms with Crippen molar-refractivity contribution in [2.45, 2.75) is 32.4 Å². The summed E-state index contributed by atoms with van der Waals surface area (Å²) in [5.41, 5.74) is 11.9. The molecule has 0 spiro atoms. The molecule has 0 saturated carbocycles. The summed E-state index contributed by atoms with van der Waals surface area (Å²) < 4.78 is 1.76. The average Bonchev–Trinajstić information content (AvgIpc) is 2.49. The van der Waals surface area contributed by atoms with Gasteiger partial charge < -0.3 is 16.4 Å². The van der Waals surface area contributed by atoms with Gasteiger partial charge in [-0.25, -0.2) is 4.68 Å². The summed E-state index contributed by atoms with van der Waals surface area (Å²) in [6, 6.07) is 0.583. The number of aromatic nitrogens is 2. The Morgan fingerprint density at radius 3 is 2.60 bits per heavy atom. The molecule has 5 heteroatoms. The number of anilines is 2. The lowest BCUT2D eigenvalue weighted by Gasteiger charge is -2.19. The molecule has 1 aromatic rings. The number of nitrogen functional groups attached to an aromatic ring is 2. The molecule has 0 amide bonds. The minimum absolute atomic E-state index is 0.565. The van der Waals surface area contributed by atoms with Crippen LogP contribution in [0.3, 0.4) is 0 Å². The van der Waals surface area contributed by atoms with Gasteiger partial charge in [-0.15, -0.1) is 0 Å². The molecule has 86 valence electrons. The zero-order valence-electron chi connectivity index (χ0n) is 9.77. The average molecular weight is 211 g/mol. The SMILES string of the molecule is CC(CCCn1ncc(N)c1N)N(C)C. The largest absolute Gasteiger partial charge is 0.394 e. The van der Waals surface area contributed by atoms with Gasteiger partial charge in [0.25, 0.3) is 0 Å². The van der Waals surface area contributed by atoms with Crippen LogP contribution in [0.15, 0.2) is 6.20 Å². The maximum Gasteiger partial charge on any atom is 0.145 e. The van der Waals surface area contributed by atoms with E-state index in [1.54, 1.807) is 10.9 Å². The smallest absolute Gasteiger partial charge is 0.145 e. The van der Waals surface area contributed by atoms with Crippen molar-refractivity contribution in [1.82, 2.24) is 14.7 Å². The Morgan fingerprint density at radius 2 is 2.13 bits per heavy atom. The van der Waals surface area contributed by atoms with Crippen molar-refractivity contribution in [3.8, 4) is 0 Å². The molecule has 0 saturated heterocycles. The highest BCUT2D eigenvalue weighted by Crippen LogP contribution is 2.13.